The quantitative estimate of drug-likeness (QED) is 0.399. The van der Waals surface area contributed by atoms with E-state index in [1.165, 1.54) is 11.1 Å². The SMILES string of the molecule is C=CN=C(N=C(C)CC)N(/C=C\C)CF. The summed E-state index contributed by atoms with van der Waals surface area (Å²) in [5, 5.41) is 0. The van der Waals surface area contributed by atoms with Gasteiger partial charge < -0.3 is 0 Å². The number of alkyl halides is 1. The van der Waals surface area contributed by atoms with Gasteiger partial charge in [0.25, 0.3) is 0 Å². The van der Waals surface area contributed by atoms with E-state index >= 15 is 0 Å². The second kappa shape index (κ2) is 7.91. The maximum atomic E-state index is 12.7. The van der Waals surface area contributed by atoms with E-state index < -0.39 is 6.80 Å². The highest BCUT2D eigenvalue weighted by molar-refractivity contribution is 5.96. The number of halogens is 1. The Hall–Kier alpha value is -1.45. The molecule has 84 valence electrons. The first-order valence-electron chi connectivity index (χ1n) is 4.87. The number of hydrogen-bond donors (Lipinski definition) is 0. The molecule has 0 unspecified atom stereocenters. The molecule has 4 heteroatoms. The average molecular weight is 211 g/mol. The third-order valence-electron chi connectivity index (χ3n) is 1.72. The molecule has 0 bridgehead atoms. The maximum Gasteiger partial charge on any atom is 0.231 e. The van der Waals surface area contributed by atoms with E-state index in [1.54, 1.807) is 12.3 Å². The molecule has 0 aromatic rings. The van der Waals surface area contributed by atoms with Crippen LogP contribution >= 0.6 is 0 Å². The lowest BCUT2D eigenvalue weighted by atomic mass is 10.3. The Morgan fingerprint density at radius 3 is 2.60 bits per heavy atom. The summed E-state index contributed by atoms with van der Waals surface area (Å²) < 4.78 is 12.7. The van der Waals surface area contributed by atoms with Crippen LogP contribution in [0.1, 0.15) is 27.2 Å². The van der Waals surface area contributed by atoms with Gasteiger partial charge >= 0.3 is 0 Å². The molecule has 0 radical (unpaired) electrons. The summed E-state index contributed by atoms with van der Waals surface area (Å²) in [7, 11) is 0. The lowest BCUT2D eigenvalue weighted by Crippen LogP contribution is -2.23. The molecule has 0 aromatic heterocycles. The Labute approximate surface area is 90.7 Å². The van der Waals surface area contributed by atoms with Gasteiger partial charge in [0.05, 0.1) is 0 Å². The standard InChI is InChI=1S/C11H18FN3/c1-5-8-15(9-12)11(13-7-3)14-10(4)6-2/h5,7-8H,3,6,9H2,1-2,4H3/b8-5-,13-11?,14-10?. The van der Waals surface area contributed by atoms with E-state index in [2.05, 4.69) is 16.6 Å². The molecule has 0 aliphatic carbocycles. The molecule has 3 nitrogen and oxygen atoms in total. The summed E-state index contributed by atoms with van der Waals surface area (Å²) in [6, 6.07) is 0. The first kappa shape index (κ1) is 13.5. The van der Waals surface area contributed by atoms with Crippen molar-refractivity contribution in [2.75, 3.05) is 6.80 Å². The Bertz CT molecular complexity index is 280. The average Bonchev–Trinajstić information content (AvgIpc) is 2.25. The van der Waals surface area contributed by atoms with Crippen LogP contribution in [-0.4, -0.2) is 23.4 Å². The van der Waals surface area contributed by atoms with Crippen molar-refractivity contribution < 1.29 is 4.39 Å². The van der Waals surface area contributed by atoms with Crippen molar-refractivity contribution >= 4 is 11.7 Å². The smallest absolute Gasteiger partial charge is 0.231 e. The van der Waals surface area contributed by atoms with Crippen LogP contribution in [0.25, 0.3) is 0 Å². The topological polar surface area (TPSA) is 28.0 Å². The molecule has 0 fully saturated rings. The van der Waals surface area contributed by atoms with Crippen LogP contribution in [0.5, 0.6) is 0 Å². The molecule has 0 spiro atoms. The molecule has 0 amide bonds. The molecule has 0 saturated heterocycles. The van der Waals surface area contributed by atoms with Crippen molar-refractivity contribution in [2.45, 2.75) is 27.2 Å². The van der Waals surface area contributed by atoms with E-state index in [1.807, 2.05) is 20.8 Å². The molecule has 0 aliphatic rings. The van der Waals surface area contributed by atoms with Crippen LogP contribution in [0.4, 0.5) is 4.39 Å². The maximum absolute atomic E-state index is 12.7. The van der Waals surface area contributed by atoms with Gasteiger partial charge in [0.15, 0.2) is 6.80 Å². The predicted molar refractivity (Wildman–Crippen MR) is 63.7 cm³/mol. The van der Waals surface area contributed by atoms with E-state index in [0.29, 0.717) is 5.96 Å². The minimum absolute atomic E-state index is 0.324. The second-order valence-electron chi connectivity index (χ2n) is 2.88. The fourth-order valence-electron chi connectivity index (χ4n) is 0.839. The van der Waals surface area contributed by atoms with Gasteiger partial charge in [0.2, 0.25) is 5.96 Å². The van der Waals surface area contributed by atoms with Crippen LogP contribution in [-0.2, 0) is 0 Å². The minimum Gasteiger partial charge on any atom is -0.289 e. The highest BCUT2D eigenvalue weighted by Gasteiger charge is 2.05. The summed E-state index contributed by atoms with van der Waals surface area (Å²) in [4.78, 5) is 9.45. The van der Waals surface area contributed by atoms with Gasteiger partial charge in [-0.3, -0.25) is 4.90 Å². The Balaban J connectivity index is 4.95. The van der Waals surface area contributed by atoms with Crippen LogP contribution in [0.2, 0.25) is 0 Å². The van der Waals surface area contributed by atoms with E-state index in [9.17, 15) is 4.39 Å². The van der Waals surface area contributed by atoms with Gasteiger partial charge in [0, 0.05) is 18.1 Å². The number of nitrogens with zero attached hydrogens (tertiary/aromatic N) is 3. The minimum atomic E-state index is -0.655. The van der Waals surface area contributed by atoms with Crippen molar-refractivity contribution in [3.8, 4) is 0 Å². The van der Waals surface area contributed by atoms with E-state index in [0.717, 1.165) is 12.1 Å². The number of guanidine groups is 1. The van der Waals surface area contributed by atoms with Gasteiger partial charge in [-0.15, -0.1) is 0 Å². The Morgan fingerprint density at radius 1 is 1.53 bits per heavy atom. The summed E-state index contributed by atoms with van der Waals surface area (Å²) in [6.07, 6.45) is 5.49. The van der Waals surface area contributed by atoms with Crippen LogP contribution in [0.15, 0.2) is 35.0 Å². The molecular formula is C11H18FN3. The fraction of sp³-hybridized carbons (Fsp3) is 0.455. The molecule has 0 atom stereocenters. The molecule has 0 aliphatic heterocycles. The van der Waals surface area contributed by atoms with Gasteiger partial charge in [-0.25, -0.2) is 14.4 Å². The third-order valence-corrected chi connectivity index (χ3v) is 1.72. The molecule has 0 saturated carbocycles. The zero-order valence-corrected chi connectivity index (χ0v) is 9.57. The number of allylic oxidation sites excluding steroid dienone is 1. The van der Waals surface area contributed by atoms with Crippen molar-refractivity contribution in [2.24, 2.45) is 9.98 Å². The summed E-state index contributed by atoms with van der Waals surface area (Å²) in [6.45, 7) is 8.50. The third kappa shape index (κ3) is 5.10. The van der Waals surface area contributed by atoms with E-state index in [4.69, 9.17) is 0 Å². The highest BCUT2D eigenvalue weighted by atomic mass is 19.1. The summed E-state index contributed by atoms with van der Waals surface area (Å²) in [5.74, 6) is 0.324. The van der Waals surface area contributed by atoms with Crippen molar-refractivity contribution in [3.05, 3.63) is 25.1 Å². The van der Waals surface area contributed by atoms with Crippen LogP contribution < -0.4 is 0 Å². The summed E-state index contributed by atoms with van der Waals surface area (Å²) in [5.41, 5.74) is 0.901. The van der Waals surface area contributed by atoms with Crippen LogP contribution in [0, 0.1) is 0 Å². The number of rotatable bonds is 4. The van der Waals surface area contributed by atoms with E-state index in [-0.39, 0.29) is 0 Å². The Kier molecular flexibility index (Phi) is 7.14. The Morgan fingerprint density at radius 2 is 2.20 bits per heavy atom. The van der Waals surface area contributed by atoms with Gasteiger partial charge in [-0.2, -0.15) is 0 Å². The number of hydrogen-bond acceptors (Lipinski definition) is 1. The van der Waals surface area contributed by atoms with Gasteiger partial charge in [0.1, 0.15) is 0 Å². The number of aliphatic imine (C=N–C) groups is 2. The van der Waals surface area contributed by atoms with Crippen LogP contribution in [0.3, 0.4) is 0 Å². The molecule has 0 aromatic carbocycles. The zero-order valence-electron chi connectivity index (χ0n) is 9.57. The zero-order chi connectivity index (χ0) is 11.7. The van der Waals surface area contributed by atoms with Crippen molar-refractivity contribution in [1.82, 2.24) is 4.90 Å². The van der Waals surface area contributed by atoms with Crippen molar-refractivity contribution in [1.29, 1.82) is 0 Å². The second-order valence-corrected chi connectivity index (χ2v) is 2.88. The van der Waals surface area contributed by atoms with Crippen molar-refractivity contribution in [3.63, 3.8) is 0 Å². The normalized spacial score (nSPS) is 13.3. The fourth-order valence-corrected chi connectivity index (χ4v) is 0.839. The molecule has 15 heavy (non-hydrogen) atoms. The highest BCUT2D eigenvalue weighted by Crippen LogP contribution is 1.99. The summed E-state index contributed by atoms with van der Waals surface area (Å²) >= 11 is 0. The molecule has 0 heterocycles. The molecule has 0 rings (SSSR count). The molecule has 0 N–H and O–H groups in total. The lowest BCUT2D eigenvalue weighted by Gasteiger charge is -2.14. The monoisotopic (exact) mass is 211 g/mol. The largest absolute Gasteiger partial charge is 0.289 e. The lowest BCUT2D eigenvalue weighted by molar-refractivity contribution is 0.343. The first-order valence-corrected chi connectivity index (χ1v) is 4.87. The van der Waals surface area contributed by atoms with Gasteiger partial charge in [-0.1, -0.05) is 19.6 Å². The first-order chi connectivity index (χ1) is 7.19. The predicted octanol–water partition coefficient (Wildman–Crippen LogP) is 3.12. The van der Waals surface area contributed by atoms with Gasteiger partial charge in [-0.05, 0) is 20.3 Å². The molecular weight excluding hydrogens is 193 g/mol.